The fourth-order valence-electron chi connectivity index (χ4n) is 1.77. The van der Waals surface area contributed by atoms with Crippen LogP contribution in [0.15, 0.2) is 41.8 Å². The highest BCUT2D eigenvalue weighted by Crippen LogP contribution is 2.27. The Hall–Kier alpha value is -2.34. The van der Waals surface area contributed by atoms with Gasteiger partial charge < -0.3 is 15.2 Å². The molecule has 1 aromatic carbocycles. The van der Waals surface area contributed by atoms with Crippen LogP contribution in [0.1, 0.15) is 0 Å². The van der Waals surface area contributed by atoms with Crippen LogP contribution in [-0.2, 0) is 0 Å². The van der Waals surface area contributed by atoms with Crippen molar-refractivity contribution in [3.8, 4) is 11.6 Å². The van der Waals surface area contributed by atoms with E-state index in [1.54, 1.807) is 0 Å². The Labute approximate surface area is 120 Å². The van der Waals surface area contributed by atoms with Crippen molar-refractivity contribution in [3.05, 3.63) is 41.8 Å². The number of aromatic nitrogens is 2. The molecule has 0 aliphatic heterocycles. The summed E-state index contributed by atoms with van der Waals surface area (Å²) in [6.45, 7) is 0.843. The first kappa shape index (κ1) is 12.7. The number of nitrogens with zero attached hydrogens (tertiary/aromatic N) is 2. The van der Waals surface area contributed by atoms with Gasteiger partial charge in [-0.15, -0.1) is 11.3 Å². The van der Waals surface area contributed by atoms with Gasteiger partial charge in [0.2, 0.25) is 11.8 Å². The molecule has 0 unspecified atom stereocenters. The van der Waals surface area contributed by atoms with Gasteiger partial charge in [0.25, 0.3) is 0 Å². The molecular weight excluding hydrogens is 274 g/mol. The summed E-state index contributed by atoms with van der Waals surface area (Å²) in [6, 6.07) is 11.5. The number of nitrogens with two attached hydrogens (primary N) is 1. The van der Waals surface area contributed by atoms with Crippen molar-refractivity contribution in [1.29, 1.82) is 0 Å². The molecule has 0 bridgehead atoms. The second-order valence-corrected chi connectivity index (χ2v) is 4.93. The van der Waals surface area contributed by atoms with E-state index >= 15 is 0 Å². The third kappa shape index (κ3) is 2.80. The summed E-state index contributed by atoms with van der Waals surface area (Å²) in [7, 11) is 0. The Morgan fingerprint density at radius 1 is 1.00 bits per heavy atom. The van der Waals surface area contributed by atoms with Gasteiger partial charge >= 0.3 is 0 Å². The minimum atomic E-state index is 0.221. The molecule has 3 rings (SSSR count). The summed E-state index contributed by atoms with van der Waals surface area (Å²) < 4.78 is 11.2. The number of rotatable bonds is 5. The van der Waals surface area contributed by atoms with Crippen molar-refractivity contribution in [3.63, 3.8) is 0 Å². The van der Waals surface area contributed by atoms with Gasteiger partial charge in [0.15, 0.2) is 0 Å². The molecule has 0 aliphatic rings. The Morgan fingerprint density at radius 3 is 2.65 bits per heavy atom. The summed E-state index contributed by atoms with van der Waals surface area (Å²) >= 11 is 1.51. The molecule has 0 fully saturated rings. The number of anilines is 1. The molecule has 5 nitrogen and oxygen atoms in total. The lowest BCUT2D eigenvalue weighted by atomic mass is 10.3. The molecule has 102 valence electrons. The highest BCUT2D eigenvalue weighted by atomic mass is 32.1. The van der Waals surface area contributed by atoms with Gasteiger partial charge in [-0.1, -0.05) is 18.2 Å². The van der Waals surface area contributed by atoms with Gasteiger partial charge in [-0.3, -0.25) is 0 Å². The van der Waals surface area contributed by atoms with Crippen LogP contribution in [0, 0.1) is 0 Å². The van der Waals surface area contributed by atoms with Gasteiger partial charge in [0, 0.05) is 0 Å². The fourth-order valence-corrected chi connectivity index (χ4v) is 2.53. The van der Waals surface area contributed by atoms with Gasteiger partial charge in [-0.2, -0.15) is 4.98 Å². The molecule has 2 aromatic heterocycles. The largest absolute Gasteiger partial charge is 0.490 e. The van der Waals surface area contributed by atoms with E-state index < -0.39 is 0 Å². The summed E-state index contributed by atoms with van der Waals surface area (Å²) in [5.41, 5.74) is 5.65. The van der Waals surface area contributed by atoms with Crippen molar-refractivity contribution in [2.75, 3.05) is 18.9 Å². The summed E-state index contributed by atoms with van der Waals surface area (Å²) in [4.78, 5) is 9.09. The van der Waals surface area contributed by atoms with Crippen LogP contribution in [0.4, 0.5) is 5.95 Å². The third-order valence-corrected chi connectivity index (χ3v) is 3.45. The molecule has 6 heteroatoms. The van der Waals surface area contributed by atoms with E-state index in [1.165, 1.54) is 11.3 Å². The second kappa shape index (κ2) is 5.75. The van der Waals surface area contributed by atoms with E-state index in [0.717, 1.165) is 16.0 Å². The van der Waals surface area contributed by atoms with Crippen LogP contribution in [0.25, 0.3) is 10.2 Å². The molecule has 0 saturated carbocycles. The van der Waals surface area contributed by atoms with Crippen LogP contribution in [0.5, 0.6) is 11.6 Å². The zero-order valence-electron chi connectivity index (χ0n) is 10.7. The molecule has 0 saturated heterocycles. The normalized spacial score (nSPS) is 10.6. The molecule has 0 amide bonds. The molecular formula is C14H13N3O2S. The maximum atomic E-state index is 5.65. The highest BCUT2D eigenvalue weighted by Gasteiger charge is 2.08. The molecule has 0 radical (unpaired) electrons. The Balaban J connectivity index is 1.61. The number of para-hydroxylation sites is 1. The summed E-state index contributed by atoms with van der Waals surface area (Å²) in [6.07, 6.45) is 0. The topological polar surface area (TPSA) is 70.3 Å². The van der Waals surface area contributed by atoms with Crippen LogP contribution < -0.4 is 15.2 Å². The van der Waals surface area contributed by atoms with E-state index in [1.807, 2.05) is 41.8 Å². The number of hydrogen-bond acceptors (Lipinski definition) is 6. The zero-order valence-corrected chi connectivity index (χ0v) is 11.5. The number of ether oxygens (including phenoxy) is 2. The standard InChI is InChI=1S/C14H13N3O2S/c15-14-16-12(11-6-9-20-13(11)17-14)19-8-7-18-10-4-2-1-3-5-10/h1-6,9H,7-8H2,(H2,15,16,17). The molecule has 0 atom stereocenters. The Kier molecular flexibility index (Phi) is 3.64. The molecule has 20 heavy (non-hydrogen) atoms. The maximum absolute atomic E-state index is 5.65. The Bertz CT molecular complexity index is 700. The first-order chi connectivity index (χ1) is 9.83. The average molecular weight is 287 g/mol. The lowest BCUT2D eigenvalue weighted by Crippen LogP contribution is -2.10. The van der Waals surface area contributed by atoms with Crippen molar-refractivity contribution in [2.24, 2.45) is 0 Å². The van der Waals surface area contributed by atoms with Crippen molar-refractivity contribution in [1.82, 2.24) is 9.97 Å². The van der Waals surface area contributed by atoms with Gasteiger partial charge in [0.1, 0.15) is 23.8 Å². The predicted molar refractivity (Wildman–Crippen MR) is 79.3 cm³/mol. The number of benzene rings is 1. The smallest absolute Gasteiger partial charge is 0.227 e. The van der Waals surface area contributed by atoms with Crippen molar-refractivity contribution < 1.29 is 9.47 Å². The van der Waals surface area contributed by atoms with E-state index in [2.05, 4.69) is 9.97 Å². The lowest BCUT2D eigenvalue weighted by Gasteiger charge is -2.08. The average Bonchev–Trinajstić information content (AvgIpc) is 2.92. The minimum Gasteiger partial charge on any atom is -0.490 e. The van der Waals surface area contributed by atoms with Crippen LogP contribution >= 0.6 is 11.3 Å². The van der Waals surface area contributed by atoms with Gasteiger partial charge in [0.05, 0.1) is 5.39 Å². The van der Waals surface area contributed by atoms with Crippen LogP contribution in [-0.4, -0.2) is 23.2 Å². The van der Waals surface area contributed by atoms with E-state index in [9.17, 15) is 0 Å². The van der Waals surface area contributed by atoms with Crippen LogP contribution in [0.3, 0.4) is 0 Å². The monoisotopic (exact) mass is 287 g/mol. The number of hydrogen-bond donors (Lipinski definition) is 1. The van der Waals surface area contributed by atoms with Crippen LogP contribution in [0.2, 0.25) is 0 Å². The second-order valence-electron chi connectivity index (χ2n) is 4.04. The maximum Gasteiger partial charge on any atom is 0.227 e. The van der Waals surface area contributed by atoms with Gasteiger partial charge in [-0.05, 0) is 23.6 Å². The zero-order chi connectivity index (χ0) is 13.8. The van der Waals surface area contributed by atoms with Gasteiger partial charge in [-0.25, -0.2) is 4.98 Å². The minimum absolute atomic E-state index is 0.221. The van der Waals surface area contributed by atoms with E-state index in [0.29, 0.717) is 19.1 Å². The molecule has 3 aromatic rings. The SMILES string of the molecule is Nc1nc(OCCOc2ccccc2)c2ccsc2n1. The number of thiophene rings is 1. The summed E-state index contributed by atoms with van der Waals surface area (Å²) in [5.74, 6) is 1.54. The lowest BCUT2D eigenvalue weighted by molar-refractivity contribution is 0.214. The van der Waals surface area contributed by atoms with E-state index in [-0.39, 0.29) is 5.95 Å². The molecule has 2 N–H and O–H groups in total. The fraction of sp³-hybridized carbons (Fsp3) is 0.143. The highest BCUT2D eigenvalue weighted by molar-refractivity contribution is 7.16. The number of fused-ring (bicyclic) bond motifs is 1. The third-order valence-electron chi connectivity index (χ3n) is 2.64. The van der Waals surface area contributed by atoms with Crippen molar-refractivity contribution >= 4 is 27.5 Å². The molecule has 0 aliphatic carbocycles. The predicted octanol–water partition coefficient (Wildman–Crippen LogP) is 2.73. The first-order valence-corrected chi connectivity index (χ1v) is 7.02. The first-order valence-electron chi connectivity index (χ1n) is 6.14. The quantitative estimate of drug-likeness (QED) is 0.731. The Morgan fingerprint density at radius 2 is 1.80 bits per heavy atom. The molecule has 0 spiro atoms. The molecule has 2 heterocycles. The van der Waals surface area contributed by atoms with E-state index in [4.69, 9.17) is 15.2 Å². The number of nitrogen functional groups attached to an aromatic ring is 1. The summed E-state index contributed by atoms with van der Waals surface area (Å²) in [5, 5.41) is 2.82. The van der Waals surface area contributed by atoms with Crippen molar-refractivity contribution in [2.45, 2.75) is 0 Å².